The van der Waals surface area contributed by atoms with Crippen molar-refractivity contribution in [1.82, 2.24) is 5.32 Å². The van der Waals surface area contributed by atoms with E-state index in [2.05, 4.69) is 14.8 Å². The second-order valence-electron chi connectivity index (χ2n) is 5.21. The molecule has 6 nitrogen and oxygen atoms in total. The summed E-state index contributed by atoms with van der Waals surface area (Å²) in [7, 11) is 1.25. The first kappa shape index (κ1) is 22.5. The second kappa shape index (κ2) is 10.6. The molecule has 0 aliphatic rings. The number of alkyl halides is 3. The zero-order valence-corrected chi connectivity index (χ0v) is 15.0. The molecule has 0 aromatic heterocycles. The van der Waals surface area contributed by atoms with Gasteiger partial charge < -0.3 is 14.8 Å². The molecule has 1 N–H and O–H groups in total. The predicted octanol–water partition coefficient (Wildman–Crippen LogP) is 2.98. The third kappa shape index (κ3) is 8.59. The van der Waals surface area contributed by atoms with Gasteiger partial charge in [-0.15, -0.1) is 0 Å². The van der Waals surface area contributed by atoms with Crippen LogP contribution in [0.15, 0.2) is 24.3 Å². The Labute approximate surface area is 158 Å². The number of amides is 1. The van der Waals surface area contributed by atoms with Gasteiger partial charge in [-0.25, -0.2) is 4.79 Å². The molecular formula is C17H17ClF3NO5. The van der Waals surface area contributed by atoms with Crippen LogP contribution in [0, 0.1) is 0 Å². The van der Waals surface area contributed by atoms with Crippen LogP contribution in [0.3, 0.4) is 0 Å². The van der Waals surface area contributed by atoms with Crippen molar-refractivity contribution in [3.05, 3.63) is 40.4 Å². The number of halogens is 4. The molecule has 1 rings (SSSR count). The van der Waals surface area contributed by atoms with Gasteiger partial charge in [0.1, 0.15) is 0 Å². The summed E-state index contributed by atoms with van der Waals surface area (Å²) in [5.41, 5.74) is -0.929. The molecule has 0 bridgehead atoms. The number of carbonyl (C=O) groups is 3. The molecule has 0 unspecified atom stereocenters. The normalized spacial score (nSPS) is 11.3. The average molecular weight is 408 g/mol. The Balaban J connectivity index is 2.44. The molecule has 0 saturated carbocycles. The van der Waals surface area contributed by atoms with E-state index in [4.69, 9.17) is 11.6 Å². The van der Waals surface area contributed by atoms with Gasteiger partial charge in [0.2, 0.25) is 0 Å². The van der Waals surface area contributed by atoms with E-state index in [-0.39, 0.29) is 18.5 Å². The molecule has 1 amide bonds. The quantitative estimate of drug-likeness (QED) is 0.407. The highest BCUT2D eigenvalue weighted by Crippen LogP contribution is 2.35. The summed E-state index contributed by atoms with van der Waals surface area (Å²) >= 11 is 5.50. The highest BCUT2D eigenvalue weighted by atomic mass is 35.5. The molecule has 0 atom stereocenters. The summed E-state index contributed by atoms with van der Waals surface area (Å²) in [6, 6.07) is 3.16. The van der Waals surface area contributed by atoms with E-state index in [9.17, 15) is 27.6 Å². The molecule has 0 fully saturated rings. The summed E-state index contributed by atoms with van der Waals surface area (Å²) in [5, 5.41) is 1.98. The molecule has 0 radical (unpaired) electrons. The van der Waals surface area contributed by atoms with E-state index in [0.717, 1.165) is 24.3 Å². The highest BCUT2D eigenvalue weighted by Gasteiger charge is 2.33. The van der Waals surface area contributed by atoms with Crippen molar-refractivity contribution < 1.29 is 37.0 Å². The van der Waals surface area contributed by atoms with Crippen LogP contribution < -0.4 is 5.32 Å². The predicted molar refractivity (Wildman–Crippen MR) is 90.7 cm³/mol. The van der Waals surface area contributed by atoms with E-state index in [1.165, 1.54) is 13.2 Å². The smallest absolute Gasteiger partial charge is 0.417 e. The first-order valence-electron chi connectivity index (χ1n) is 7.68. The Hall–Kier alpha value is -2.55. The zero-order valence-electron chi connectivity index (χ0n) is 14.3. The van der Waals surface area contributed by atoms with Crippen molar-refractivity contribution in [3.63, 3.8) is 0 Å². The first-order valence-corrected chi connectivity index (χ1v) is 8.06. The summed E-state index contributed by atoms with van der Waals surface area (Å²) in [6.45, 7) is -0.359. The van der Waals surface area contributed by atoms with Gasteiger partial charge in [0.05, 0.1) is 17.7 Å². The second-order valence-corrected chi connectivity index (χ2v) is 5.61. The lowest BCUT2D eigenvalue weighted by Crippen LogP contribution is -2.29. The van der Waals surface area contributed by atoms with Crippen LogP contribution >= 0.6 is 11.6 Å². The van der Waals surface area contributed by atoms with Crippen molar-refractivity contribution >= 4 is 35.5 Å². The Morgan fingerprint density at radius 1 is 1.26 bits per heavy atom. The van der Waals surface area contributed by atoms with Gasteiger partial charge in [0.25, 0.3) is 5.91 Å². The number of carbonyl (C=O) groups excluding carboxylic acids is 3. The van der Waals surface area contributed by atoms with Crippen molar-refractivity contribution in [3.8, 4) is 0 Å². The maximum absolute atomic E-state index is 12.8. The molecule has 0 aliphatic heterocycles. The third-order valence-corrected chi connectivity index (χ3v) is 3.49. The summed E-state index contributed by atoms with van der Waals surface area (Å²) < 4.78 is 47.4. The molecular weight excluding hydrogens is 391 g/mol. The van der Waals surface area contributed by atoms with Gasteiger partial charge in [0, 0.05) is 19.0 Å². The molecule has 0 aliphatic carbocycles. The number of hydrogen-bond acceptors (Lipinski definition) is 5. The van der Waals surface area contributed by atoms with Crippen molar-refractivity contribution in [1.29, 1.82) is 0 Å². The highest BCUT2D eigenvalue weighted by molar-refractivity contribution is 6.31. The molecule has 1 aromatic rings. The van der Waals surface area contributed by atoms with Crippen molar-refractivity contribution in [2.75, 3.05) is 20.3 Å². The molecule has 0 saturated heterocycles. The van der Waals surface area contributed by atoms with E-state index in [1.54, 1.807) is 0 Å². The fourth-order valence-corrected chi connectivity index (χ4v) is 2.05. The maximum atomic E-state index is 12.8. The van der Waals surface area contributed by atoms with Crippen LogP contribution in [-0.4, -0.2) is 38.1 Å². The number of rotatable bonds is 8. The summed E-state index contributed by atoms with van der Waals surface area (Å²) in [6.07, 6.45) is -2.10. The van der Waals surface area contributed by atoms with Crippen LogP contribution in [-0.2, 0) is 30.0 Å². The van der Waals surface area contributed by atoms with Crippen LogP contribution in [0.25, 0.3) is 6.08 Å². The molecule has 10 heteroatoms. The van der Waals surface area contributed by atoms with Crippen LogP contribution in [0.5, 0.6) is 0 Å². The standard InChI is InChI=1S/C17H17ClF3NO5/c1-26-15(24)3-2-8-22-14(23)10-27-16(25)7-5-11-4-6-13(18)12(9-11)17(19,20)21/h4-7,9H,2-3,8,10H2,1H3,(H,22,23)/b7-5+. The Kier molecular flexibility index (Phi) is 8.80. The number of nitrogens with one attached hydrogen (secondary N) is 1. The Bertz CT molecular complexity index is 719. The minimum absolute atomic E-state index is 0.0935. The number of ether oxygens (including phenoxy) is 2. The van der Waals surface area contributed by atoms with Gasteiger partial charge in [0.15, 0.2) is 6.61 Å². The van der Waals surface area contributed by atoms with E-state index >= 15 is 0 Å². The number of benzene rings is 1. The summed E-state index contributed by atoms with van der Waals surface area (Å²) in [4.78, 5) is 33.9. The number of esters is 2. The van der Waals surface area contributed by atoms with Gasteiger partial charge in [-0.05, 0) is 30.2 Å². The average Bonchev–Trinajstić information content (AvgIpc) is 2.61. The molecule has 0 heterocycles. The van der Waals surface area contributed by atoms with E-state index < -0.39 is 41.2 Å². The number of methoxy groups -OCH3 is 1. The zero-order chi connectivity index (χ0) is 20.4. The van der Waals surface area contributed by atoms with Crippen molar-refractivity contribution in [2.45, 2.75) is 19.0 Å². The maximum Gasteiger partial charge on any atom is 0.417 e. The van der Waals surface area contributed by atoms with Crippen molar-refractivity contribution in [2.24, 2.45) is 0 Å². The minimum Gasteiger partial charge on any atom is -0.469 e. The first-order chi connectivity index (χ1) is 12.6. The van der Waals surface area contributed by atoms with E-state index in [0.29, 0.717) is 6.42 Å². The monoisotopic (exact) mass is 407 g/mol. The third-order valence-electron chi connectivity index (χ3n) is 3.16. The van der Waals surface area contributed by atoms with Gasteiger partial charge in [-0.1, -0.05) is 17.7 Å². The lowest BCUT2D eigenvalue weighted by atomic mass is 10.1. The fourth-order valence-electron chi connectivity index (χ4n) is 1.83. The minimum atomic E-state index is -4.62. The SMILES string of the molecule is COC(=O)CCCNC(=O)COC(=O)/C=C/c1ccc(Cl)c(C(F)(F)F)c1. The Morgan fingerprint density at radius 2 is 1.96 bits per heavy atom. The largest absolute Gasteiger partial charge is 0.469 e. The van der Waals surface area contributed by atoms with Gasteiger partial charge >= 0.3 is 18.1 Å². The lowest BCUT2D eigenvalue weighted by Gasteiger charge is -2.09. The van der Waals surface area contributed by atoms with Gasteiger partial charge in [-0.3, -0.25) is 9.59 Å². The van der Waals surface area contributed by atoms with E-state index in [1.807, 2.05) is 0 Å². The fraction of sp³-hybridized carbons (Fsp3) is 0.353. The molecule has 1 aromatic carbocycles. The van der Waals surface area contributed by atoms with Crippen LogP contribution in [0.1, 0.15) is 24.0 Å². The van der Waals surface area contributed by atoms with Crippen LogP contribution in [0.2, 0.25) is 5.02 Å². The Morgan fingerprint density at radius 3 is 2.59 bits per heavy atom. The van der Waals surface area contributed by atoms with Gasteiger partial charge in [-0.2, -0.15) is 13.2 Å². The lowest BCUT2D eigenvalue weighted by molar-refractivity contribution is -0.143. The topological polar surface area (TPSA) is 81.7 Å². The van der Waals surface area contributed by atoms with Crippen LogP contribution in [0.4, 0.5) is 13.2 Å². The number of hydrogen-bond donors (Lipinski definition) is 1. The molecule has 148 valence electrons. The summed E-state index contributed by atoms with van der Waals surface area (Å²) in [5.74, 6) is -1.88. The molecule has 0 spiro atoms. The molecule has 27 heavy (non-hydrogen) atoms.